The molecule has 1 aromatic carbocycles. The second kappa shape index (κ2) is 5.53. The Kier molecular flexibility index (Phi) is 4.02. The van der Waals surface area contributed by atoms with Crippen molar-refractivity contribution in [3.63, 3.8) is 0 Å². The molecule has 3 heteroatoms. The third-order valence-corrected chi connectivity index (χ3v) is 3.86. The summed E-state index contributed by atoms with van der Waals surface area (Å²) in [5.74, 6) is 0.588. The number of nitrogens with two attached hydrogens (primary N) is 1. The molecule has 0 aliphatic carbocycles. The van der Waals surface area contributed by atoms with Gasteiger partial charge in [0.1, 0.15) is 0 Å². The number of likely N-dealkylation sites (tertiary alicyclic amines) is 1. The van der Waals surface area contributed by atoms with Gasteiger partial charge in [-0.2, -0.15) is 0 Å². The molecule has 18 heavy (non-hydrogen) atoms. The van der Waals surface area contributed by atoms with E-state index in [9.17, 15) is 4.79 Å². The van der Waals surface area contributed by atoms with Gasteiger partial charge >= 0.3 is 0 Å². The van der Waals surface area contributed by atoms with E-state index in [4.69, 9.17) is 5.73 Å². The Labute approximate surface area is 109 Å². The number of hydrogen-bond acceptors (Lipinski definition) is 2. The van der Waals surface area contributed by atoms with Gasteiger partial charge in [0.05, 0.1) is 0 Å². The van der Waals surface area contributed by atoms with Gasteiger partial charge in [0, 0.05) is 24.7 Å². The number of hydrogen-bond donors (Lipinski definition) is 1. The van der Waals surface area contributed by atoms with Gasteiger partial charge in [-0.05, 0) is 44.2 Å². The summed E-state index contributed by atoms with van der Waals surface area (Å²) in [5, 5.41) is 0. The van der Waals surface area contributed by atoms with Crippen molar-refractivity contribution in [1.29, 1.82) is 0 Å². The summed E-state index contributed by atoms with van der Waals surface area (Å²) in [5.41, 5.74) is 7.83. The van der Waals surface area contributed by atoms with Crippen LogP contribution in [-0.2, 0) is 0 Å². The summed E-state index contributed by atoms with van der Waals surface area (Å²) < 4.78 is 0. The number of carbonyl (C=O) groups is 1. The molecule has 2 rings (SSSR count). The van der Waals surface area contributed by atoms with Crippen molar-refractivity contribution in [3.8, 4) is 0 Å². The third kappa shape index (κ3) is 2.72. The van der Waals surface area contributed by atoms with E-state index in [2.05, 4.69) is 0 Å². The number of carbonyl (C=O) groups excluding carboxylic acids is 1. The molecule has 1 heterocycles. The fourth-order valence-electron chi connectivity index (χ4n) is 2.61. The number of rotatable bonds is 2. The molecule has 1 fully saturated rings. The highest BCUT2D eigenvalue weighted by atomic mass is 16.2. The van der Waals surface area contributed by atoms with Gasteiger partial charge < -0.3 is 10.6 Å². The minimum absolute atomic E-state index is 0.151. The highest BCUT2D eigenvalue weighted by Crippen LogP contribution is 2.21. The van der Waals surface area contributed by atoms with Crippen molar-refractivity contribution in [2.75, 3.05) is 13.1 Å². The fraction of sp³-hybridized carbons (Fsp3) is 0.533. The van der Waals surface area contributed by atoms with Crippen LogP contribution in [0.1, 0.15) is 35.7 Å². The first kappa shape index (κ1) is 13.1. The molecule has 0 saturated carbocycles. The fourth-order valence-corrected chi connectivity index (χ4v) is 2.61. The molecule has 1 amide bonds. The molecule has 0 radical (unpaired) electrons. The number of piperidine rings is 1. The van der Waals surface area contributed by atoms with E-state index in [1.165, 1.54) is 0 Å². The molecule has 1 aliphatic rings. The van der Waals surface area contributed by atoms with Crippen molar-refractivity contribution in [1.82, 2.24) is 4.90 Å². The van der Waals surface area contributed by atoms with Crippen molar-refractivity contribution in [2.24, 2.45) is 11.7 Å². The van der Waals surface area contributed by atoms with Gasteiger partial charge in [-0.15, -0.1) is 0 Å². The van der Waals surface area contributed by atoms with Crippen LogP contribution in [0.25, 0.3) is 0 Å². The molecular weight excluding hydrogens is 224 g/mol. The van der Waals surface area contributed by atoms with E-state index in [0.29, 0.717) is 5.92 Å². The molecular formula is C15H22N2O. The van der Waals surface area contributed by atoms with Gasteiger partial charge in [0.15, 0.2) is 0 Å². The second-order valence-corrected chi connectivity index (χ2v) is 5.33. The first-order valence-corrected chi connectivity index (χ1v) is 6.70. The predicted octanol–water partition coefficient (Wildman–Crippen LogP) is 2.19. The standard InChI is InChI=1S/C15H22N2O/c1-11-6-3-4-8-14(11)15(18)17-9-5-7-13(10-17)12(2)16/h3-4,6,8,12-13H,5,7,9-10,16H2,1-2H3. The summed E-state index contributed by atoms with van der Waals surface area (Å²) in [6.07, 6.45) is 2.19. The van der Waals surface area contributed by atoms with E-state index in [1.54, 1.807) is 0 Å². The molecule has 1 aliphatic heterocycles. The summed E-state index contributed by atoms with van der Waals surface area (Å²) in [6.45, 7) is 5.67. The average molecular weight is 246 g/mol. The highest BCUT2D eigenvalue weighted by Gasteiger charge is 2.26. The smallest absolute Gasteiger partial charge is 0.254 e. The number of amides is 1. The molecule has 2 atom stereocenters. The minimum atomic E-state index is 0.151. The van der Waals surface area contributed by atoms with E-state index >= 15 is 0 Å². The maximum absolute atomic E-state index is 12.5. The van der Waals surface area contributed by atoms with Gasteiger partial charge in [0.2, 0.25) is 0 Å². The van der Waals surface area contributed by atoms with Crippen LogP contribution in [0.15, 0.2) is 24.3 Å². The van der Waals surface area contributed by atoms with Crippen LogP contribution in [0, 0.1) is 12.8 Å². The summed E-state index contributed by atoms with van der Waals surface area (Å²) in [7, 11) is 0. The maximum atomic E-state index is 12.5. The van der Waals surface area contributed by atoms with E-state index in [-0.39, 0.29) is 11.9 Å². The lowest BCUT2D eigenvalue weighted by atomic mass is 9.91. The quantitative estimate of drug-likeness (QED) is 0.869. The lowest BCUT2D eigenvalue weighted by molar-refractivity contribution is 0.0660. The lowest BCUT2D eigenvalue weighted by Crippen LogP contribution is -2.45. The minimum Gasteiger partial charge on any atom is -0.338 e. The van der Waals surface area contributed by atoms with Crippen LogP contribution < -0.4 is 5.73 Å². The van der Waals surface area contributed by atoms with Crippen LogP contribution in [-0.4, -0.2) is 29.9 Å². The number of benzene rings is 1. The van der Waals surface area contributed by atoms with Gasteiger partial charge in [-0.25, -0.2) is 0 Å². The summed E-state index contributed by atoms with van der Waals surface area (Å²) >= 11 is 0. The molecule has 1 aromatic rings. The first-order valence-electron chi connectivity index (χ1n) is 6.70. The summed E-state index contributed by atoms with van der Waals surface area (Å²) in [4.78, 5) is 14.4. The number of nitrogens with zero attached hydrogens (tertiary/aromatic N) is 1. The normalized spacial score (nSPS) is 21.7. The van der Waals surface area contributed by atoms with Crippen molar-refractivity contribution < 1.29 is 4.79 Å². The topological polar surface area (TPSA) is 46.3 Å². The largest absolute Gasteiger partial charge is 0.338 e. The van der Waals surface area contributed by atoms with Gasteiger partial charge in [-0.3, -0.25) is 4.79 Å². The molecule has 0 bridgehead atoms. The Morgan fingerprint density at radius 3 is 2.83 bits per heavy atom. The SMILES string of the molecule is Cc1ccccc1C(=O)N1CCCC(C(C)N)C1. The highest BCUT2D eigenvalue weighted by molar-refractivity contribution is 5.95. The van der Waals surface area contributed by atoms with Crippen LogP contribution in [0.5, 0.6) is 0 Å². The van der Waals surface area contributed by atoms with Crippen LogP contribution >= 0.6 is 0 Å². The van der Waals surface area contributed by atoms with E-state index in [1.807, 2.05) is 43.0 Å². The van der Waals surface area contributed by atoms with E-state index in [0.717, 1.165) is 37.1 Å². The molecule has 3 nitrogen and oxygen atoms in total. The first-order chi connectivity index (χ1) is 8.59. The molecule has 2 unspecified atom stereocenters. The second-order valence-electron chi connectivity index (χ2n) is 5.33. The molecule has 0 aromatic heterocycles. The van der Waals surface area contributed by atoms with Crippen molar-refractivity contribution in [2.45, 2.75) is 32.7 Å². The van der Waals surface area contributed by atoms with Crippen LogP contribution in [0.3, 0.4) is 0 Å². The Morgan fingerprint density at radius 2 is 2.17 bits per heavy atom. The molecule has 98 valence electrons. The number of aryl methyl sites for hydroxylation is 1. The van der Waals surface area contributed by atoms with Crippen molar-refractivity contribution >= 4 is 5.91 Å². The Bertz CT molecular complexity index is 428. The zero-order valence-corrected chi connectivity index (χ0v) is 11.2. The molecule has 1 saturated heterocycles. The lowest BCUT2D eigenvalue weighted by Gasteiger charge is -2.35. The molecule has 2 N–H and O–H groups in total. The molecule has 0 spiro atoms. The average Bonchev–Trinajstić information content (AvgIpc) is 2.38. The predicted molar refractivity (Wildman–Crippen MR) is 73.5 cm³/mol. The monoisotopic (exact) mass is 246 g/mol. The zero-order chi connectivity index (χ0) is 13.1. The van der Waals surface area contributed by atoms with Gasteiger partial charge in [0.25, 0.3) is 5.91 Å². The van der Waals surface area contributed by atoms with Crippen molar-refractivity contribution in [3.05, 3.63) is 35.4 Å². The maximum Gasteiger partial charge on any atom is 0.254 e. The summed E-state index contributed by atoms with van der Waals surface area (Å²) in [6, 6.07) is 7.95. The van der Waals surface area contributed by atoms with E-state index < -0.39 is 0 Å². The van der Waals surface area contributed by atoms with Crippen LogP contribution in [0.2, 0.25) is 0 Å². The Hall–Kier alpha value is -1.35. The Morgan fingerprint density at radius 1 is 1.44 bits per heavy atom. The van der Waals surface area contributed by atoms with Crippen LogP contribution in [0.4, 0.5) is 0 Å². The van der Waals surface area contributed by atoms with Gasteiger partial charge in [-0.1, -0.05) is 18.2 Å². The third-order valence-electron chi connectivity index (χ3n) is 3.86. The Balaban J connectivity index is 2.12. The zero-order valence-electron chi connectivity index (χ0n) is 11.2.